The van der Waals surface area contributed by atoms with Crippen molar-refractivity contribution in [1.29, 1.82) is 0 Å². The Morgan fingerprint density at radius 2 is 2.08 bits per heavy atom. The van der Waals surface area contributed by atoms with Crippen molar-refractivity contribution in [3.05, 3.63) is 24.2 Å². The predicted molar refractivity (Wildman–Crippen MR) is 83.0 cm³/mol. The molecule has 0 bridgehead atoms. The van der Waals surface area contributed by atoms with Crippen molar-refractivity contribution in [2.45, 2.75) is 24.7 Å². The van der Waals surface area contributed by atoms with Crippen LogP contribution in [0.25, 0.3) is 11.3 Å². The molecule has 0 aromatic carbocycles. The number of alkyl halides is 3. The fourth-order valence-electron chi connectivity index (χ4n) is 2.88. The second kappa shape index (κ2) is 5.95. The maximum atomic E-state index is 13.2. The SMILES string of the molecule is OC[C@H]1CCN1c1nc(-c2cnn(C3CNC3)c2)cc(C(F)(F)F)n1. The van der Waals surface area contributed by atoms with Crippen molar-refractivity contribution in [1.82, 2.24) is 25.1 Å². The Labute approximate surface area is 141 Å². The first-order chi connectivity index (χ1) is 12.0. The minimum absolute atomic E-state index is 0.00631. The van der Waals surface area contributed by atoms with Crippen molar-refractivity contribution in [2.75, 3.05) is 31.1 Å². The van der Waals surface area contributed by atoms with Crippen LogP contribution in [0.3, 0.4) is 0 Å². The summed E-state index contributed by atoms with van der Waals surface area (Å²) in [6.07, 6.45) is -0.639. The summed E-state index contributed by atoms with van der Waals surface area (Å²) in [5, 5.41) is 16.6. The molecule has 0 amide bonds. The summed E-state index contributed by atoms with van der Waals surface area (Å²) in [5.74, 6) is -0.00631. The number of halogens is 3. The van der Waals surface area contributed by atoms with E-state index in [1.165, 1.54) is 6.20 Å². The van der Waals surface area contributed by atoms with Gasteiger partial charge in [-0.25, -0.2) is 9.97 Å². The molecule has 4 rings (SSSR count). The van der Waals surface area contributed by atoms with Crippen molar-refractivity contribution in [3.63, 3.8) is 0 Å². The molecule has 0 aliphatic carbocycles. The van der Waals surface area contributed by atoms with Gasteiger partial charge in [-0.1, -0.05) is 0 Å². The summed E-state index contributed by atoms with van der Waals surface area (Å²) >= 11 is 0. The van der Waals surface area contributed by atoms with Crippen LogP contribution in [0.5, 0.6) is 0 Å². The lowest BCUT2D eigenvalue weighted by Crippen LogP contribution is -2.51. The van der Waals surface area contributed by atoms with Gasteiger partial charge in [0.05, 0.1) is 30.6 Å². The Kier molecular flexibility index (Phi) is 3.88. The molecule has 25 heavy (non-hydrogen) atoms. The van der Waals surface area contributed by atoms with Gasteiger partial charge in [-0.05, 0) is 12.5 Å². The van der Waals surface area contributed by atoms with Crippen molar-refractivity contribution in [3.8, 4) is 11.3 Å². The van der Waals surface area contributed by atoms with Crippen LogP contribution >= 0.6 is 0 Å². The third-order valence-electron chi connectivity index (χ3n) is 4.65. The Hall–Kier alpha value is -2.20. The quantitative estimate of drug-likeness (QED) is 0.855. The number of anilines is 1. The number of nitrogens with zero attached hydrogens (tertiary/aromatic N) is 5. The molecule has 1 atom stereocenters. The van der Waals surface area contributed by atoms with Gasteiger partial charge in [0.15, 0.2) is 5.69 Å². The molecule has 0 radical (unpaired) electrons. The number of aliphatic hydroxyl groups is 1. The normalized spacial score (nSPS) is 21.1. The highest BCUT2D eigenvalue weighted by atomic mass is 19.4. The summed E-state index contributed by atoms with van der Waals surface area (Å²) in [5.41, 5.74) is -0.296. The average molecular weight is 354 g/mol. The maximum Gasteiger partial charge on any atom is 0.433 e. The van der Waals surface area contributed by atoms with Crippen LogP contribution in [0, 0.1) is 0 Å². The molecular formula is C15H17F3N6O. The standard InChI is InChI=1S/C15H17F3N6O/c16-15(17,18)13-3-12(9-4-20-24(7-9)11-5-19-6-11)21-14(22-13)23-2-1-10(23)8-25/h3-4,7,10-11,19,25H,1-2,5-6,8H2/t10-/m1/s1. The third-order valence-corrected chi connectivity index (χ3v) is 4.65. The van der Waals surface area contributed by atoms with Gasteiger partial charge in [-0.3, -0.25) is 4.68 Å². The average Bonchev–Trinajstić information content (AvgIpc) is 2.93. The first-order valence-electron chi connectivity index (χ1n) is 8.05. The summed E-state index contributed by atoms with van der Waals surface area (Å²) in [4.78, 5) is 9.55. The number of hydrogen-bond acceptors (Lipinski definition) is 6. The zero-order valence-corrected chi connectivity index (χ0v) is 13.2. The summed E-state index contributed by atoms with van der Waals surface area (Å²) in [7, 11) is 0. The molecule has 2 aromatic rings. The van der Waals surface area contributed by atoms with Gasteiger partial charge in [0.25, 0.3) is 0 Å². The second-order valence-corrected chi connectivity index (χ2v) is 6.28. The number of nitrogens with one attached hydrogen (secondary N) is 1. The van der Waals surface area contributed by atoms with Gasteiger partial charge >= 0.3 is 6.18 Å². The predicted octanol–water partition coefficient (Wildman–Crippen LogP) is 1.07. The van der Waals surface area contributed by atoms with Gasteiger partial charge in [0, 0.05) is 31.4 Å². The molecule has 2 saturated heterocycles. The Morgan fingerprint density at radius 3 is 2.64 bits per heavy atom. The number of aliphatic hydroxyl groups excluding tert-OH is 1. The van der Waals surface area contributed by atoms with Crippen LogP contribution in [-0.4, -0.2) is 57.1 Å². The molecule has 2 N–H and O–H groups in total. The largest absolute Gasteiger partial charge is 0.433 e. The van der Waals surface area contributed by atoms with Gasteiger partial charge in [-0.2, -0.15) is 18.3 Å². The zero-order chi connectivity index (χ0) is 17.6. The molecule has 7 nitrogen and oxygen atoms in total. The fraction of sp³-hybridized carbons (Fsp3) is 0.533. The highest BCUT2D eigenvalue weighted by molar-refractivity contribution is 5.60. The van der Waals surface area contributed by atoms with Gasteiger partial charge in [-0.15, -0.1) is 0 Å². The van der Waals surface area contributed by atoms with Crippen LogP contribution in [0.2, 0.25) is 0 Å². The minimum atomic E-state index is -4.57. The van der Waals surface area contributed by atoms with Crippen LogP contribution in [0.4, 0.5) is 19.1 Å². The highest BCUT2D eigenvalue weighted by Crippen LogP contribution is 2.33. The van der Waals surface area contributed by atoms with Gasteiger partial charge < -0.3 is 15.3 Å². The summed E-state index contributed by atoms with van der Waals surface area (Å²) < 4.78 is 41.5. The van der Waals surface area contributed by atoms with E-state index in [1.807, 2.05) is 0 Å². The lowest BCUT2D eigenvalue weighted by molar-refractivity contribution is -0.141. The lowest BCUT2D eigenvalue weighted by Gasteiger charge is -2.40. The van der Waals surface area contributed by atoms with E-state index < -0.39 is 11.9 Å². The van der Waals surface area contributed by atoms with Gasteiger partial charge in [0.2, 0.25) is 5.95 Å². The van der Waals surface area contributed by atoms with E-state index in [0.717, 1.165) is 19.2 Å². The Balaban J connectivity index is 1.72. The van der Waals surface area contributed by atoms with Crippen LogP contribution in [0.15, 0.2) is 18.5 Å². The van der Waals surface area contributed by atoms with E-state index in [2.05, 4.69) is 20.4 Å². The molecule has 0 saturated carbocycles. The van der Waals surface area contributed by atoms with Crippen LogP contribution < -0.4 is 10.2 Å². The van der Waals surface area contributed by atoms with E-state index >= 15 is 0 Å². The molecule has 2 aliphatic heterocycles. The number of hydrogen-bond donors (Lipinski definition) is 2. The highest BCUT2D eigenvalue weighted by Gasteiger charge is 2.36. The molecule has 10 heteroatoms. The lowest BCUT2D eigenvalue weighted by atomic mass is 10.1. The first kappa shape index (κ1) is 16.3. The zero-order valence-electron chi connectivity index (χ0n) is 13.2. The minimum Gasteiger partial charge on any atom is -0.394 e. The molecule has 2 aromatic heterocycles. The molecule has 2 fully saturated rings. The van der Waals surface area contributed by atoms with E-state index in [1.54, 1.807) is 15.8 Å². The Morgan fingerprint density at radius 1 is 1.28 bits per heavy atom. The van der Waals surface area contributed by atoms with Crippen molar-refractivity contribution < 1.29 is 18.3 Å². The van der Waals surface area contributed by atoms with Crippen molar-refractivity contribution in [2.24, 2.45) is 0 Å². The molecule has 4 heterocycles. The summed E-state index contributed by atoms with van der Waals surface area (Å²) in [6.45, 7) is 1.96. The van der Waals surface area contributed by atoms with E-state index in [0.29, 0.717) is 18.5 Å². The smallest absolute Gasteiger partial charge is 0.394 e. The summed E-state index contributed by atoms with van der Waals surface area (Å²) in [6, 6.07) is 0.920. The fourth-order valence-corrected chi connectivity index (χ4v) is 2.88. The topological polar surface area (TPSA) is 79.1 Å². The molecular weight excluding hydrogens is 337 g/mol. The molecule has 0 unspecified atom stereocenters. The van der Waals surface area contributed by atoms with Gasteiger partial charge in [0.1, 0.15) is 0 Å². The molecule has 134 valence electrons. The second-order valence-electron chi connectivity index (χ2n) is 6.28. The molecule has 0 spiro atoms. The van der Waals surface area contributed by atoms with Crippen molar-refractivity contribution >= 4 is 5.95 Å². The number of aromatic nitrogens is 4. The monoisotopic (exact) mass is 354 g/mol. The Bertz CT molecular complexity index is 771. The van der Waals surface area contributed by atoms with Crippen LogP contribution in [-0.2, 0) is 6.18 Å². The van der Waals surface area contributed by atoms with E-state index in [4.69, 9.17) is 0 Å². The molecule has 2 aliphatic rings. The first-order valence-corrected chi connectivity index (χ1v) is 8.05. The van der Waals surface area contributed by atoms with E-state index in [-0.39, 0.29) is 30.3 Å². The van der Waals surface area contributed by atoms with Crippen LogP contribution in [0.1, 0.15) is 18.2 Å². The third kappa shape index (κ3) is 2.95. The van der Waals surface area contributed by atoms with E-state index in [9.17, 15) is 18.3 Å². The maximum absolute atomic E-state index is 13.2. The number of rotatable bonds is 4.